The lowest BCUT2D eigenvalue weighted by Gasteiger charge is -2.32. The normalized spacial score (nSPS) is 14.0. The number of alkyl carbamates (subject to hydrolysis) is 1. The first-order valence-corrected chi connectivity index (χ1v) is 12.5. The standard InChI is InChI=1S/C24H46N6O9/c1-15(38-23(2,3)4)19(20(33)29-30(8)21(34)16(25)13-17(26)31)28-18(32)14-37-12-11-36-10-9-27-22(35)39-24(5,6)7/h15-16,19H,9-14,25H2,1-8H3,(H2,26,31)(H,27,35)(H,28,32)(H,29,33). The van der Waals surface area contributed by atoms with Crippen LogP contribution >= 0.6 is 0 Å². The first-order chi connectivity index (χ1) is 17.8. The van der Waals surface area contributed by atoms with Crippen molar-refractivity contribution >= 4 is 29.7 Å². The molecule has 0 aromatic carbocycles. The Labute approximate surface area is 229 Å². The van der Waals surface area contributed by atoms with Gasteiger partial charge >= 0.3 is 6.09 Å². The molecule has 15 nitrogen and oxygen atoms in total. The molecule has 5 amide bonds. The smallest absolute Gasteiger partial charge is 0.407 e. The van der Waals surface area contributed by atoms with Crippen molar-refractivity contribution in [3.05, 3.63) is 0 Å². The first-order valence-electron chi connectivity index (χ1n) is 12.5. The van der Waals surface area contributed by atoms with Crippen LogP contribution in [0.4, 0.5) is 4.79 Å². The van der Waals surface area contributed by atoms with E-state index in [0.29, 0.717) is 0 Å². The molecular formula is C24H46N6O9. The molecule has 0 saturated carbocycles. The van der Waals surface area contributed by atoms with Crippen LogP contribution in [-0.2, 0) is 38.1 Å². The highest BCUT2D eigenvalue weighted by molar-refractivity contribution is 5.92. The van der Waals surface area contributed by atoms with E-state index >= 15 is 0 Å². The Morgan fingerprint density at radius 3 is 2.05 bits per heavy atom. The number of hydrogen-bond donors (Lipinski definition) is 5. The highest BCUT2D eigenvalue weighted by Gasteiger charge is 2.32. The van der Waals surface area contributed by atoms with E-state index in [1.165, 1.54) is 7.05 Å². The minimum Gasteiger partial charge on any atom is -0.444 e. The average Bonchev–Trinajstić information content (AvgIpc) is 2.75. The number of rotatable bonds is 15. The minimum absolute atomic E-state index is 0.0831. The maximum Gasteiger partial charge on any atom is 0.407 e. The van der Waals surface area contributed by atoms with E-state index < -0.39 is 65.5 Å². The van der Waals surface area contributed by atoms with Gasteiger partial charge in [0.25, 0.3) is 11.8 Å². The van der Waals surface area contributed by atoms with E-state index in [4.69, 9.17) is 30.4 Å². The van der Waals surface area contributed by atoms with Gasteiger partial charge in [0.15, 0.2) is 0 Å². The van der Waals surface area contributed by atoms with Gasteiger partial charge in [0.1, 0.15) is 18.2 Å². The summed E-state index contributed by atoms with van der Waals surface area (Å²) < 4.78 is 21.5. The summed E-state index contributed by atoms with van der Waals surface area (Å²) in [4.78, 5) is 60.3. The van der Waals surface area contributed by atoms with Gasteiger partial charge < -0.3 is 41.0 Å². The zero-order valence-corrected chi connectivity index (χ0v) is 24.3. The van der Waals surface area contributed by atoms with Crippen LogP contribution in [0.2, 0.25) is 0 Å². The molecule has 15 heteroatoms. The number of ether oxygens (including phenoxy) is 4. The Hall–Kier alpha value is -3.01. The molecule has 3 unspecified atom stereocenters. The number of nitrogens with one attached hydrogen (secondary N) is 3. The van der Waals surface area contributed by atoms with Crippen molar-refractivity contribution in [2.45, 2.75) is 84.3 Å². The van der Waals surface area contributed by atoms with E-state index in [-0.39, 0.29) is 33.0 Å². The zero-order valence-electron chi connectivity index (χ0n) is 24.3. The van der Waals surface area contributed by atoms with Crippen LogP contribution in [-0.4, -0.2) is 104 Å². The molecule has 0 saturated heterocycles. The van der Waals surface area contributed by atoms with Crippen LogP contribution in [0, 0.1) is 0 Å². The Balaban J connectivity index is 4.73. The van der Waals surface area contributed by atoms with Gasteiger partial charge in [-0.05, 0) is 48.5 Å². The lowest BCUT2D eigenvalue weighted by Crippen LogP contribution is -2.60. The molecule has 0 spiro atoms. The van der Waals surface area contributed by atoms with Crippen molar-refractivity contribution in [1.29, 1.82) is 0 Å². The number of nitrogens with zero attached hydrogens (tertiary/aromatic N) is 1. The maximum atomic E-state index is 12.9. The van der Waals surface area contributed by atoms with Gasteiger partial charge in [-0.3, -0.25) is 29.6 Å². The Bertz CT molecular complexity index is 826. The molecule has 39 heavy (non-hydrogen) atoms. The van der Waals surface area contributed by atoms with Gasteiger partial charge in [0, 0.05) is 13.6 Å². The number of amides is 5. The van der Waals surface area contributed by atoms with E-state index in [9.17, 15) is 24.0 Å². The predicted molar refractivity (Wildman–Crippen MR) is 141 cm³/mol. The monoisotopic (exact) mass is 562 g/mol. The lowest BCUT2D eigenvalue weighted by molar-refractivity contribution is -0.147. The van der Waals surface area contributed by atoms with Crippen LogP contribution in [0.25, 0.3) is 0 Å². The number of hydrogen-bond acceptors (Lipinski definition) is 10. The molecule has 0 aliphatic carbocycles. The fraction of sp³-hybridized carbons (Fsp3) is 0.792. The fourth-order valence-electron chi connectivity index (χ4n) is 3.00. The molecule has 0 radical (unpaired) electrons. The van der Waals surface area contributed by atoms with E-state index in [2.05, 4.69) is 16.1 Å². The Morgan fingerprint density at radius 2 is 1.51 bits per heavy atom. The molecule has 0 aliphatic heterocycles. The third-order valence-corrected chi connectivity index (χ3v) is 4.47. The summed E-state index contributed by atoms with van der Waals surface area (Å²) in [6.45, 7) is 12.5. The molecule has 0 bridgehead atoms. The minimum atomic E-state index is -1.24. The number of likely N-dealkylation sites (N-methyl/N-ethyl adjacent to an activating group) is 1. The van der Waals surface area contributed by atoms with Crippen molar-refractivity contribution in [3.63, 3.8) is 0 Å². The van der Waals surface area contributed by atoms with E-state index in [0.717, 1.165) is 5.01 Å². The predicted octanol–water partition coefficient (Wildman–Crippen LogP) is -1.07. The van der Waals surface area contributed by atoms with Crippen molar-refractivity contribution in [1.82, 2.24) is 21.1 Å². The van der Waals surface area contributed by atoms with Gasteiger partial charge in [-0.15, -0.1) is 0 Å². The van der Waals surface area contributed by atoms with E-state index in [1.807, 2.05) is 0 Å². The van der Waals surface area contributed by atoms with Gasteiger partial charge in [0.05, 0.1) is 44.0 Å². The van der Waals surface area contributed by atoms with Crippen LogP contribution in [0.15, 0.2) is 0 Å². The van der Waals surface area contributed by atoms with E-state index in [1.54, 1.807) is 48.5 Å². The largest absolute Gasteiger partial charge is 0.444 e. The molecule has 0 heterocycles. The lowest BCUT2D eigenvalue weighted by atomic mass is 10.1. The summed E-state index contributed by atoms with van der Waals surface area (Å²) >= 11 is 0. The summed E-state index contributed by atoms with van der Waals surface area (Å²) in [5, 5.41) is 5.91. The maximum absolute atomic E-state index is 12.9. The first kappa shape index (κ1) is 36.0. The molecule has 0 aromatic rings. The number of hydrazine groups is 1. The van der Waals surface area contributed by atoms with Crippen LogP contribution in [0.5, 0.6) is 0 Å². The third kappa shape index (κ3) is 18.0. The second-order valence-corrected chi connectivity index (χ2v) is 10.7. The summed E-state index contributed by atoms with van der Waals surface area (Å²) in [5.74, 6) is -2.87. The SMILES string of the molecule is CC(OC(C)(C)C)C(NC(=O)COCCOCCNC(=O)OC(C)(C)C)C(=O)NN(C)C(=O)C(N)CC(N)=O. The van der Waals surface area contributed by atoms with Gasteiger partial charge in [-0.2, -0.15) is 0 Å². The van der Waals surface area contributed by atoms with Gasteiger partial charge in [0.2, 0.25) is 11.8 Å². The summed E-state index contributed by atoms with van der Waals surface area (Å²) in [7, 11) is 1.25. The van der Waals surface area contributed by atoms with Gasteiger partial charge in [-0.25, -0.2) is 4.79 Å². The quantitative estimate of drug-likeness (QED) is 0.120. The van der Waals surface area contributed by atoms with Crippen LogP contribution < -0.4 is 27.5 Å². The second-order valence-electron chi connectivity index (χ2n) is 10.7. The second kappa shape index (κ2) is 16.8. The number of carbonyl (C=O) groups is 5. The molecule has 7 N–H and O–H groups in total. The molecule has 0 aromatic heterocycles. The zero-order chi connectivity index (χ0) is 30.4. The topological polar surface area (TPSA) is 214 Å². The van der Waals surface area contributed by atoms with Crippen molar-refractivity contribution in [3.8, 4) is 0 Å². The third-order valence-electron chi connectivity index (χ3n) is 4.47. The fourth-order valence-corrected chi connectivity index (χ4v) is 3.00. The Kier molecular flexibility index (Phi) is 15.5. The molecule has 3 atom stereocenters. The molecule has 0 rings (SSSR count). The van der Waals surface area contributed by atoms with Crippen molar-refractivity contribution in [2.75, 3.05) is 40.0 Å². The number of carbonyl (C=O) groups excluding carboxylic acids is 5. The molecule has 0 aliphatic rings. The molecular weight excluding hydrogens is 516 g/mol. The van der Waals surface area contributed by atoms with Crippen molar-refractivity contribution in [2.24, 2.45) is 11.5 Å². The highest BCUT2D eigenvalue weighted by atomic mass is 16.6. The number of primary amides is 1. The summed E-state index contributed by atoms with van der Waals surface area (Å²) in [5.41, 5.74) is 11.8. The molecule has 226 valence electrons. The van der Waals surface area contributed by atoms with Crippen LogP contribution in [0.3, 0.4) is 0 Å². The highest BCUT2D eigenvalue weighted by Crippen LogP contribution is 2.13. The van der Waals surface area contributed by atoms with Gasteiger partial charge in [-0.1, -0.05) is 0 Å². The van der Waals surface area contributed by atoms with Crippen molar-refractivity contribution < 1.29 is 42.9 Å². The molecule has 0 fully saturated rings. The summed E-state index contributed by atoms with van der Waals surface area (Å²) in [6, 6.07) is -2.44. The summed E-state index contributed by atoms with van der Waals surface area (Å²) in [6.07, 6.45) is -1.74. The average molecular weight is 563 g/mol. The number of nitrogens with two attached hydrogens (primary N) is 2. The van der Waals surface area contributed by atoms with Crippen LogP contribution in [0.1, 0.15) is 54.9 Å². The Morgan fingerprint density at radius 1 is 0.923 bits per heavy atom.